The number of anilines is 2. The monoisotopic (exact) mass is 449 g/mol. The maximum absolute atomic E-state index is 12.3. The lowest BCUT2D eigenvalue weighted by Crippen LogP contribution is -2.23. The van der Waals surface area contributed by atoms with E-state index in [1.165, 1.54) is 17.4 Å². The van der Waals surface area contributed by atoms with Crippen molar-refractivity contribution >= 4 is 40.0 Å². The fourth-order valence-corrected chi connectivity index (χ4v) is 4.18. The molecule has 0 atom stereocenters. The largest absolute Gasteiger partial charge is 0.497 e. The molecule has 1 N–H and O–H groups in total. The van der Waals surface area contributed by atoms with Crippen molar-refractivity contribution in [3.63, 3.8) is 0 Å². The van der Waals surface area contributed by atoms with Crippen molar-refractivity contribution in [2.45, 2.75) is 12.8 Å². The first-order valence-corrected chi connectivity index (χ1v) is 11.0. The maximum Gasteiger partial charge on any atom is 0.250 e. The molecule has 32 heavy (non-hydrogen) atoms. The Morgan fingerprint density at radius 2 is 1.97 bits per heavy atom. The molecule has 164 valence electrons. The molecule has 2 aromatic carbocycles. The molecule has 0 radical (unpaired) electrons. The van der Waals surface area contributed by atoms with Gasteiger partial charge >= 0.3 is 0 Å². The van der Waals surface area contributed by atoms with Crippen LogP contribution in [-0.4, -0.2) is 37.6 Å². The van der Waals surface area contributed by atoms with E-state index in [4.69, 9.17) is 9.47 Å². The van der Waals surface area contributed by atoms with E-state index in [0.29, 0.717) is 28.7 Å². The molecular formula is C24H23N3O4S. The molecule has 1 aromatic heterocycles. The first-order chi connectivity index (χ1) is 15.6. The topological polar surface area (TPSA) is 80.8 Å². The minimum absolute atomic E-state index is 0.155. The minimum atomic E-state index is -0.272. The summed E-state index contributed by atoms with van der Waals surface area (Å²) in [7, 11) is 3.19. The number of ether oxygens (including phenoxy) is 2. The van der Waals surface area contributed by atoms with Crippen molar-refractivity contribution in [3.05, 3.63) is 59.5 Å². The number of thiazole rings is 1. The predicted molar refractivity (Wildman–Crippen MR) is 126 cm³/mol. The van der Waals surface area contributed by atoms with Crippen molar-refractivity contribution in [1.29, 1.82) is 0 Å². The lowest BCUT2D eigenvalue weighted by atomic mass is 10.1. The highest BCUT2D eigenvalue weighted by Gasteiger charge is 2.21. The van der Waals surface area contributed by atoms with Gasteiger partial charge in [0.15, 0.2) is 5.13 Å². The Kier molecular flexibility index (Phi) is 6.51. The summed E-state index contributed by atoms with van der Waals surface area (Å²) in [6.07, 6.45) is 4.69. The molecule has 0 aliphatic carbocycles. The molecule has 0 bridgehead atoms. The highest BCUT2D eigenvalue weighted by Crippen LogP contribution is 2.34. The molecule has 0 saturated carbocycles. The third-order valence-corrected chi connectivity index (χ3v) is 5.88. The van der Waals surface area contributed by atoms with Gasteiger partial charge in [0.25, 0.3) is 0 Å². The molecule has 3 aromatic rings. The lowest BCUT2D eigenvalue weighted by molar-refractivity contribution is -0.117. The predicted octanol–water partition coefficient (Wildman–Crippen LogP) is 4.61. The second-order valence-electron chi connectivity index (χ2n) is 7.17. The molecule has 1 saturated heterocycles. The standard InChI is InChI=1S/C24H23N3O4S/c1-30-18-10-11-19(21(14-18)31-2)20-15-32-24(25-20)26-22(28)12-7-16-5-8-17(9-6-16)27-13-3-4-23(27)29/h5-12,14-15H,3-4,13H2,1-2H3,(H,25,26,28)/b12-7+. The van der Waals surface area contributed by atoms with Gasteiger partial charge in [-0.2, -0.15) is 0 Å². The summed E-state index contributed by atoms with van der Waals surface area (Å²) in [6.45, 7) is 0.759. The molecule has 1 fully saturated rings. The van der Waals surface area contributed by atoms with E-state index < -0.39 is 0 Å². The van der Waals surface area contributed by atoms with E-state index in [1.807, 2.05) is 41.8 Å². The Hall–Kier alpha value is -3.65. The van der Waals surface area contributed by atoms with Crippen molar-refractivity contribution in [3.8, 4) is 22.8 Å². The van der Waals surface area contributed by atoms with Crippen LogP contribution in [0.4, 0.5) is 10.8 Å². The van der Waals surface area contributed by atoms with Gasteiger partial charge in [-0.25, -0.2) is 4.98 Å². The van der Waals surface area contributed by atoms with Crippen LogP contribution in [0, 0.1) is 0 Å². The van der Waals surface area contributed by atoms with Gasteiger partial charge < -0.3 is 14.4 Å². The second-order valence-corrected chi connectivity index (χ2v) is 8.03. The van der Waals surface area contributed by atoms with Crippen molar-refractivity contribution in [1.82, 2.24) is 4.98 Å². The van der Waals surface area contributed by atoms with Gasteiger partial charge in [0, 0.05) is 41.7 Å². The van der Waals surface area contributed by atoms with Crippen LogP contribution in [0.3, 0.4) is 0 Å². The zero-order valence-electron chi connectivity index (χ0n) is 17.8. The number of rotatable bonds is 7. The molecule has 7 nitrogen and oxygen atoms in total. The van der Waals surface area contributed by atoms with Crippen LogP contribution in [-0.2, 0) is 9.59 Å². The second kappa shape index (κ2) is 9.65. The summed E-state index contributed by atoms with van der Waals surface area (Å²) in [5.41, 5.74) is 3.29. The molecule has 0 unspecified atom stereocenters. The van der Waals surface area contributed by atoms with E-state index in [-0.39, 0.29) is 11.8 Å². The molecular weight excluding hydrogens is 426 g/mol. The Balaban J connectivity index is 1.39. The summed E-state index contributed by atoms with van der Waals surface area (Å²) in [6, 6.07) is 13.1. The molecule has 1 aliphatic rings. The summed E-state index contributed by atoms with van der Waals surface area (Å²) < 4.78 is 10.7. The number of carbonyl (C=O) groups is 2. The van der Waals surface area contributed by atoms with Crippen molar-refractivity contribution in [2.24, 2.45) is 0 Å². The smallest absolute Gasteiger partial charge is 0.250 e. The van der Waals surface area contributed by atoms with Crippen LogP contribution in [0.1, 0.15) is 18.4 Å². The van der Waals surface area contributed by atoms with Crippen molar-refractivity contribution in [2.75, 3.05) is 31.0 Å². The van der Waals surface area contributed by atoms with Gasteiger partial charge in [0.1, 0.15) is 11.5 Å². The van der Waals surface area contributed by atoms with Gasteiger partial charge in [-0.15, -0.1) is 11.3 Å². The van der Waals surface area contributed by atoms with Crippen LogP contribution >= 0.6 is 11.3 Å². The third-order valence-electron chi connectivity index (χ3n) is 5.12. The Morgan fingerprint density at radius 1 is 1.16 bits per heavy atom. The maximum atomic E-state index is 12.3. The SMILES string of the molecule is COc1ccc(-c2csc(NC(=O)/C=C/c3ccc(N4CCCC4=O)cc3)n2)c(OC)c1. The van der Waals surface area contributed by atoms with E-state index in [9.17, 15) is 9.59 Å². The number of carbonyl (C=O) groups excluding carboxylic acids is 2. The van der Waals surface area contributed by atoms with Gasteiger partial charge in [-0.1, -0.05) is 12.1 Å². The van der Waals surface area contributed by atoms with Gasteiger partial charge in [-0.3, -0.25) is 14.9 Å². The van der Waals surface area contributed by atoms with Crippen LogP contribution in [0.15, 0.2) is 53.9 Å². The number of benzene rings is 2. The highest BCUT2D eigenvalue weighted by atomic mass is 32.1. The van der Waals surface area contributed by atoms with Crippen LogP contribution in [0.2, 0.25) is 0 Å². The quantitative estimate of drug-likeness (QED) is 0.533. The number of nitrogens with zero attached hydrogens (tertiary/aromatic N) is 2. The van der Waals surface area contributed by atoms with Gasteiger partial charge in [-0.05, 0) is 42.3 Å². The molecule has 8 heteroatoms. The summed E-state index contributed by atoms with van der Waals surface area (Å²) in [5.74, 6) is 1.22. The van der Waals surface area contributed by atoms with E-state index in [0.717, 1.165) is 29.8 Å². The van der Waals surface area contributed by atoms with Crippen molar-refractivity contribution < 1.29 is 19.1 Å². The summed E-state index contributed by atoms with van der Waals surface area (Å²) in [5, 5.41) is 5.15. The zero-order chi connectivity index (χ0) is 22.5. The van der Waals surface area contributed by atoms with E-state index >= 15 is 0 Å². The molecule has 1 aliphatic heterocycles. The van der Waals surface area contributed by atoms with Crippen LogP contribution in [0.25, 0.3) is 17.3 Å². The number of nitrogens with one attached hydrogen (secondary N) is 1. The lowest BCUT2D eigenvalue weighted by Gasteiger charge is -2.15. The van der Waals surface area contributed by atoms with Gasteiger partial charge in [0.2, 0.25) is 11.8 Å². The van der Waals surface area contributed by atoms with Crippen LogP contribution < -0.4 is 19.7 Å². The number of aromatic nitrogens is 1. The number of amides is 2. The average Bonchev–Trinajstić information content (AvgIpc) is 3.46. The molecule has 2 amide bonds. The average molecular weight is 450 g/mol. The number of methoxy groups -OCH3 is 2. The fourth-order valence-electron chi connectivity index (χ4n) is 3.47. The minimum Gasteiger partial charge on any atom is -0.497 e. The Morgan fingerprint density at radius 3 is 2.66 bits per heavy atom. The Bertz CT molecular complexity index is 1150. The zero-order valence-corrected chi connectivity index (χ0v) is 18.6. The number of hydrogen-bond acceptors (Lipinski definition) is 6. The molecule has 4 rings (SSSR count). The Labute approximate surface area is 190 Å². The highest BCUT2D eigenvalue weighted by molar-refractivity contribution is 7.14. The fraction of sp³-hybridized carbons (Fsp3) is 0.208. The first-order valence-electron chi connectivity index (χ1n) is 10.1. The number of hydrogen-bond donors (Lipinski definition) is 1. The normalized spacial score (nSPS) is 13.6. The molecule has 0 spiro atoms. The summed E-state index contributed by atoms with van der Waals surface area (Å²) in [4.78, 5) is 30.5. The van der Waals surface area contributed by atoms with E-state index in [1.54, 1.807) is 31.3 Å². The van der Waals surface area contributed by atoms with E-state index in [2.05, 4.69) is 10.3 Å². The van der Waals surface area contributed by atoms with Crippen LogP contribution in [0.5, 0.6) is 11.5 Å². The summed E-state index contributed by atoms with van der Waals surface area (Å²) >= 11 is 1.34. The first kappa shape index (κ1) is 21.6. The van der Waals surface area contributed by atoms with Gasteiger partial charge in [0.05, 0.1) is 19.9 Å². The molecule has 2 heterocycles. The third kappa shape index (κ3) is 4.81.